The van der Waals surface area contributed by atoms with E-state index in [0.29, 0.717) is 26.3 Å². The first-order valence-electron chi connectivity index (χ1n) is 7.86. The number of nitro groups is 2. The molecule has 0 radical (unpaired) electrons. The van der Waals surface area contributed by atoms with Crippen molar-refractivity contribution in [1.82, 2.24) is 4.67 Å². The summed E-state index contributed by atoms with van der Waals surface area (Å²) < 4.78 is 21.2. The van der Waals surface area contributed by atoms with Gasteiger partial charge in [0.2, 0.25) is 7.29 Å². The van der Waals surface area contributed by atoms with Crippen molar-refractivity contribution >= 4 is 29.3 Å². The summed E-state index contributed by atoms with van der Waals surface area (Å²) in [6.07, 6.45) is 0. The molecule has 0 saturated carbocycles. The number of hydrogen-bond acceptors (Lipinski definition) is 6. The van der Waals surface area contributed by atoms with Crippen LogP contribution in [0.2, 0.25) is 0 Å². The Bertz CT molecular complexity index is 836. The van der Waals surface area contributed by atoms with Crippen LogP contribution in [0.5, 0.6) is 0 Å². The summed E-state index contributed by atoms with van der Waals surface area (Å²) in [6.45, 7) is 1.47. The molecule has 1 fully saturated rings. The lowest BCUT2D eigenvalue weighted by Crippen LogP contribution is -2.40. The molecule has 2 aromatic carbocycles. The monoisotopic (exact) mass is 377 g/mol. The van der Waals surface area contributed by atoms with Crippen LogP contribution in [-0.2, 0) is 9.30 Å². The summed E-state index contributed by atoms with van der Waals surface area (Å²) in [5, 5.41) is 22.8. The van der Waals surface area contributed by atoms with Gasteiger partial charge in [-0.15, -0.1) is 0 Å². The topological polar surface area (TPSA) is 116 Å². The second kappa shape index (κ2) is 7.33. The van der Waals surface area contributed by atoms with Crippen molar-refractivity contribution in [2.45, 2.75) is 0 Å². The van der Waals surface area contributed by atoms with E-state index in [1.54, 1.807) is 16.8 Å². The third-order valence-electron chi connectivity index (χ3n) is 4.17. The van der Waals surface area contributed by atoms with Crippen molar-refractivity contribution in [2.75, 3.05) is 26.3 Å². The Morgan fingerprint density at radius 2 is 1.35 bits per heavy atom. The van der Waals surface area contributed by atoms with E-state index in [1.807, 2.05) is 0 Å². The minimum Gasteiger partial charge on any atom is -0.379 e. The van der Waals surface area contributed by atoms with Gasteiger partial charge in [0.25, 0.3) is 11.4 Å². The summed E-state index contributed by atoms with van der Waals surface area (Å²) in [5.41, 5.74) is -0.358. The fourth-order valence-corrected chi connectivity index (χ4v) is 5.77. The second-order valence-electron chi connectivity index (χ2n) is 5.70. The van der Waals surface area contributed by atoms with Gasteiger partial charge in [-0.2, -0.15) is 0 Å². The van der Waals surface area contributed by atoms with Crippen LogP contribution >= 0.6 is 7.29 Å². The SMILES string of the molecule is O=[N+]([O-])c1cccc(P(=O)(c2cccc([N+](=O)[O-])c2)N2CCOCC2)c1. The van der Waals surface area contributed by atoms with Gasteiger partial charge >= 0.3 is 0 Å². The number of nitrogens with zero attached hydrogens (tertiary/aromatic N) is 3. The molecule has 3 rings (SSSR count). The lowest BCUT2D eigenvalue weighted by atomic mass is 10.3. The fraction of sp³-hybridized carbons (Fsp3) is 0.250. The van der Waals surface area contributed by atoms with Crippen LogP contribution < -0.4 is 10.6 Å². The largest absolute Gasteiger partial charge is 0.379 e. The highest BCUT2D eigenvalue weighted by atomic mass is 31.2. The van der Waals surface area contributed by atoms with E-state index in [2.05, 4.69) is 0 Å². The predicted molar refractivity (Wildman–Crippen MR) is 95.5 cm³/mol. The van der Waals surface area contributed by atoms with E-state index in [1.165, 1.54) is 36.4 Å². The molecule has 0 atom stereocenters. The Kier molecular flexibility index (Phi) is 5.13. The minimum absolute atomic E-state index is 0.179. The van der Waals surface area contributed by atoms with E-state index in [9.17, 15) is 24.8 Å². The van der Waals surface area contributed by atoms with Crippen molar-refractivity contribution in [1.29, 1.82) is 0 Å². The Balaban J connectivity index is 2.18. The molecule has 26 heavy (non-hydrogen) atoms. The lowest BCUT2D eigenvalue weighted by Gasteiger charge is -2.34. The number of hydrogen-bond donors (Lipinski definition) is 0. The highest BCUT2D eigenvalue weighted by Gasteiger charge is 2.37. The van der Waals surface area contributed by atoms with Crippen LogP contribution in [0.25, 0.3) is 0 Å². The normalized spacial score (nSPS) is 15.5. The van der Waals surface area contributed by atoms with Crippen LogP contribution in [0.15, 0.2) is 48.5 Å². The zero-order valence-electron chi connectivity index (χ0n) is 13.7. The highest BCUT2D eigenvalue weighted by Crippen LogP contribution is 2.48. The molecule has 0 unspecified atom stereocenters. The number of morpholine rings is 1. The quantitative estimate of drug-likeness (QED) is 0.445. The average molecular weight is 377 g/mol. The summed E-state index contributed by atoms with van der Waals surface area (Å²) >= 11 is 0. The highest BCUT2D eigenvalue weighted by molar-refractivity contribution is 7.76. The lowest BCUT2D eigenvalue weighted by molar-refractivity contribution is -0.384. The maximum atomic E-state index is 14.1. The van der Waals surface area contributed by atoms with Crippen LogP contribution in [0.4, 0.5) is 11.4 Å². The van der Waals surface area contributed by atoms with E-state index in [4.69, 9.17) is 4.74 Å². The smallest absolute Gasteiger partial charge is 0.270 e. The fourth-order valence-electron chi connectivity index (χ4n) is 2.90. The number of benzene rings is 2. The van der Waals surface area contributed by atoms with Crippen LogP contribution in [-0.4, -0.2) is 40.8 Å². The summed E-state index contributed by atoms with van der Waals surface area (Å²) in [5.74, 6) is 0. The molecule has 0 N–H and O–H groups in total. The second-order valence-corrected chi connectivity index (χ2v) is 8.45. The van der Waals surface area contributed by atoms with E-state index >= 15 is 0 Å². The molecule has 0 bridgehead atoms. The van der Waals surface area contributed by atoms with Gasteiger partial charge in [0.1, 0.15) is 0 Å². The van der Waals surface area contributed by atoms with Crippen LogP contribution in [0.3, 0.4) is 0 Å². The Hall–Kier alpha value is -2.61. The Labute approximate surface area is 148 Å². The van der Waals surface area contributed by atoms with Crippen molar-refractivity contribution < 1.29 is 19.1 Å². The first-order valence-corrected chi connectivity index (χ1v) is 9.52. The summed E-state index contributed by atoms with van der Waals surface area (Å²) in [7, 11) is -3.49. The van der Waals surface area contributed by atoms with Crippen LogP contribution in [0.1, 0.15) is 0 Å². The molecule has 136 valence electrons. The molecule has 0 aliphatic carbocycles. The van der Waals surface area contributed by atoms with E-state index in [-0.39, 0.29) is 22.0 Å². The van der Waals surface area contributed by atoms with E-state index < -0.39 is 17.1 Å². The minimum atomic E-state index is -3.49. The van der Waals surface area contributed by atoms with Crippen molar-refractivity contribution in [3.63, 3.8) is 0 Å². The van der Waals surface area contributed by atoms with Crippen molar-refractivity contribution in [2.24, 2.45) is 0 Å². The first kappa shape index (κ1) is 18.2. The van der Waals surface area contributed by atoms with Gasteiger partial charge < -0.3 is 4.74 Å². The summed E-state index contributed by atoms with van der Waals surface area (Å²) in [6, 6.07) is 11.2. The maximum absolute atomic E-state index is 14.1. The number of ether oxygens (including phenoxy) is 1. The standard InChI is InChI=1S/C16H16N3O6P/c20-18(21)13-3-1-5-15(11-13)26(24,17-7-9-25-10-8-17)16-6-2-4-14(12-16)19(22)23/h1-6,11-12H,7-10H2. The van der Waals surface area contributed by atoms with Gasteiger partial charge in [-0.25, -0.2) is 4.67 Å². The molecule has 1 heterocycles. The number of non-ortho nitro benzene ring substituents is 2. The Morgan fingerprint density at radius 1 is 0.885 bits per heavy atom. The zero-order chi connectivity index (χ0) is 18.7. The van der Waals surface area contributed by atoms with Gasteiger partial charge in [0.15, 0.2) is 0 Å². The van der Waals surface area contributed by atoms with Gasteiger partial charge in [-0.3, -0.25) is 24.8 Å². The molecule has 0 amide bonds. The molecule has 0 spiro atoms. The number of rotatable bonds is 5. The molecule has 1 aliphatic heterocycles. The molecular formula is C16H16N3O6P. The van der Waals surface area contributed by atoms with E-state index in [0.717, 1.165) is 0 Å². The molecule has 9 nitrogen and oxygen atoms in total. The first-order chi connectivity index (χ1) is 12.4. The Morgan fingerprint density at radius 3 is 1.77 bits per heavy atom. The molecule has 1 aliphatic rings. The molecule has 0 aromatic heterocycles. The van der Waals surface area contributed by atoms with Gasteiger partial charge in [-0.05, 0) is 12.1 Å². The van der Waals surface area contributed by atoms with Gasteiger partial charge in [-0.1, -0.05) is 12.1 Å². The zero-order valence-corrected chi connectivity index (χ0v) is 14.6. The van der Waals surface area contributed by atoms with Gasteiger partial charge in [0, 0.05) is 48.0 Å². The van der Waals surface area contributed by atoms with Gasteiger partial charge in [0.05, 0.1) is 23.1 Å². The average Bonchev–Trinajstić information content (AvgIpc) is 2.68. The number of nitro benzene ring substituents is 2. The summed E-state index contributed by atoms with van der Waals surface area (Å²) in [4.78, 5) is 21.1. The predicted octanol–water partition coefficient (Wildman–Crippen LogP) is 2.06. The third kappa shape index (κ3) is 3.37. The molecule has 10 heteroatoms. The third-order valence-corrected chi connectivity index (χ3v) is 7.32. The van der Waals surface area contributed by atoms with Crippen molar-refractivity contribution in [3.8, 4) is 0 Å². The molecule has 2 aromatic rings. The maximum Gasteiger partial charge on any atom is 0.270 e. The molecular weight excluding hydrogens is 361 g/mol. The van der Waals surface area contributed by atoms with Crippen LogP contribution in [0, 0.1) is 20.2 Å². The van der Waals surface area contributed by atoms with Crippen molar-refractivity contribution in [3.05, 3.63) is 68.8 Å². The molecule has 1 saturated heterocycles.